The van der Waals surface area contributed by atoms with Gasteiger partial charge in [0.15, 0.2) is 0 Å². The lowest BCUT2D eigenvalue weighted by Gasteiger charge is -2.32. The maximum Gasteiger partial charge on any atom is 0.525 e. The van der Waals surface area contributed by atoms with Crippen LogP contribution >= 0.6 is 0 Å². The zero-order valence-electron chi connectivity index (χ0n) is 16.4. The largest absolute Gasteiger partial charge is 0.525 e. The highest BCUT2D eigenvalue weighted by Crippen LogP contribution is 2.40. The highest BCUT2D eigenvalue weighted by atomic mass is 19.1. The smallest absolute Gasteiger partial charge is 0.398 e. The monoisotopic (exact) mass is 366 g/mol. The molecule has 0 atom stereocenters. The van der Waals surface area contributed by atoms with E-state index in [1.54, 1.807) is 19.4 Å². The molecule has 1 aromatic carbocycles. The highest BCUT2D eigenvalue weighted by molar-refractivity contribution is 6.55. The summed E-state index contributed by atoms with van der Waals surface area (Å²) in [6.45, 7) is 9.96. The molecule has 1 aliphatic rings. The summed E-state index contributed by atoms with van der Waals surface area (Å²) in [6.07, 6.45) is 5.31. The molecule has 0 unspecified atom stereocenters. The van der Waals surface area contributed by atoms with Gasteiger partial charge < -0.3 is 13.9 Å². The predicted molar refractivity (Wildman–Crippen MR) is 105 cm³/mol. The molecule has 0 spiro atoms. The van der Waals surface area contributed by atoms with Crippen molar-refractivity contribution in [3.05, 3.63) is 59.8 Å². The topological polar surface area (TPSA) is 36.3 Å². The molecular weight excluding hydrogens is 342 g/mol. The van der Waals surface area contributed by atoms with Gasteiger partial charge in [-0.2, -0.15) is 0 Å². The number of hydrogen-bond donors (Lipinski definition) is 0. The highest BCUT2D eigenvalue weighted by Gasteiger charge is 2.53. The lowest BCUT2D eigenvalue weighted by molar-refractivity contribution is 0.00578. The van der Waals surface area contributed by atoms with Crippen molar-refractivity contribution in [2.24, 2.45) is 0 Å². The first-order valence-electron chi connectivity index (χ1n) is 8.96. The zero-order chi connectivity index (χ0) is 19.7. The zero-order valence-corrected chi connectivity index (χ0v) is 16.4. The minimum absolute atomic E-state index is 0.396. The molecule has 140 valence electrons. The maximum atomic E-state index is 14.9. The Morgan fingerprint density at radius 1 is 1.15 bits per heavy atom. The Balaban J connectivity index is 1.72. The first-order chi connectivity index (χ1) is 12.7. The molecule has 0 saturated carbocycles. The Hall–Kier alpha value is -2.36. The van der Waals surface area contributed by atoms with Crippen LogP contribution in [0.25, 0.3) is 5.57 Å². The number of halogens is 1. The van der Waals surface area contributed by atoms with Crippen LogP contribution in [-0.4, -0.2) is 27.9 Å². The first kappa shape index (κ1) is 19.4. The number of allylic oxidation sites excluding steroid dienone is 1. The van der Waals surface area contributed by atoms with Gasteiger partial charge in [0, 0.05) is 18.0 Å². The van der Waals surface area contributed by atoms with E-state index in [0.29, 0.717) is 12.1 Å². The molecule has 1 aromatic heterocycles. The van der Waals surface area contributed by atoms with Gasteiger partial charge in [0.05, 0.1) is 24.1 Å². The molecular formula is C21H24BFN2O2. The van der Waals surface area contributed by atoms with Crippen LogP contribution in [0, 0.1) is 11.8 Å². The van der Waals surface area contributed by atoms with Crippen molar-refractivity contribution >= 4 is 12.7 Å². The van der Waals surface area contributed by atoms with Crippen LogP contribution < -0.4 is 0 Å². The van der Waals surface area contributed by atoms with E-state index >= 15 is 0 Å². The number of hydrogen-bond acceptors (Lipinski definition) is 3. The van der Waals surface area contributed by atoms with Gasteiger partial charge in [0.1, 0.15) is 5.73 Å². The third-order valence-electron chi connectivity index (χ3n) is 5.19. The van der Waals surface area contributed by atoms with Crippen molar-refractivity contribution in [2.75, 3.05) is 0 Å². The fourth-order valence-corrected chi connectivity index (χ4v) is 2.68. The van der Waals surface area contributed by atoms with Crippen LogP contribution in [0.3, 0.4) is 0 Å². The van der Waals surface area contributed by atoms with E-state index in [4.69, 9.17) is 9.31 Å². The molecule has 27 heavy (non-hydrogen) atoms. The molecule has 1 fully saturated rings. The van der Waals surface area contributed by atoms with E-state index in [2.05, 4.69) is 16.8 Å². The van der Waals surface area contributed by atoms with Crippen molar-refractivity contribution in [2.45, 2.75) is 52.4 Å². The standard InChI is InChI=1S/C21H24BFN2O2/c1-16(19(23)22-26-20(2,3)21(4,5)27-22)18-10-8-17(9-11-18)7-6-13-25-14-12-24-15-25/h8-12,14-15H,13H2,1-5H3. The average Bonchev–Trinajstić information content (AvgIpc) is 3.20. The van der Waals surface area contributed by atoms with E-state index in [0.717, 1.165) is 11.1 Å². The Morgan fingerprint density at radius 2 is 1.78 bits per heavy atom. The van der Waals surface area contributed by atoms with Gasteiger partial charge in [-0.15, -0.1) is 0 Å². The molecule has 2 heterocycles. The molecule has 0 amide bonds. The van der Waals surface area contributed by atoms with Gasteiger partial charge in [0.25, 0.3) is 0 Å². The van der Waals surface area contributed by atoms with Gasteiger partial charge in [-0.1, -0.05) is 24.0 Å². The molecule has 4 nitrogen and oxygen atoms in total. The average molecular weight is 366 g/mol. The van der Waals surface area contributed by atoms with Crippen LogP contribution in [0.4, 0.5) is 4.39 Å². The second kappa shape index (κ2) is 7.34. The number of nitrogens with zero attached hydrogens (tertiary/aromatic N) is 2. The third-order valence-corrected chi connectivity index (χ3v) is 5.19. The van der Waals surface area contributed by atoms with Crippen LogP contribution in [0.1, 0.15) is 45.7 Å². The first-order valence-corrected chi connectivity index (χ1v) is 8.96. The fourth-order valence-electron chi connectivity index (χ4n) is 2.68. The second-order valence-electron chi connectivity index (χ2n) is 7.68. The normalized spacial score (nSPS) is 18.7. The van der Waals surface area contributed by atoms with E-state index in [-0.39, 0.29) is 0 Å². The Morgan fingerprint density at radius 3 is 2.33 bits per heavy atom. The quantitative estimate of drug-likeness (QED) is 0.601. The number of benzene rings is 1. The molecule has 2 aromatic rings. The van der Waals surface area contributed by atoms with Gasteiger partial charge >= 0.3 is 7.12 Å². The summed E-state index contributed by atoms with van der Waals surface area (Å²) >= 11 is 0. The summed E-state index contributed by atoms with van der Waals surface area (Å²) in [5.74, 6) is 6.18. The maximum absolute atomic E-state index is 14.9. The van der Waals surface area contributed by atoms with Crippen molar-refractivity contribution < 1.29 is 13.7 Å². The Labute approximate surface area is 160 Å². The molecule has 0 radical (unpaired) electrons. The third kappa shape index (κ3) is 4.15. The summed E-state index contributed by atoms with van der Waals surface area (Å²) in [7, 11) is -0.982. The molecule has 0 bridgehead atoms. The van der Waals surface area contributed by atoms with Crippen LogP contribution in [-0.2, 0) is 15.9 Å². The summed E-state index contributed by atoms with van der Waals surface area (Å²) in [6, 6.07) is 7.50. The van der Waals surface area contributed by atoms with Gasteiger partial charge in [-0.05, 0) is 57.9 Å². The lowest BCUT2D eigenvalue weighted by Crippen LogP contribution is -2.41. The minimum Gasteiger partial charge on any atom is -0.398 e. The summed E-state index contributed by atoms with van der Waals surface area (Å²) in [4.78, 5) is 3.98. The second-order valence-corrected chi connectivity index (χ2v) is 7.68. The van der Waals surface area contributed by atoms with Crippen molar-refractivity contribution in [1.29, 1.82) is 0 Å². The van der Waals surface area contributed by atoms with E-state index in [1.807, 2.05) is 62.7 Å². The molecule has 0 N–H and O–H groups in total. The number of rotatable bonds is 3. The predicted octanol–water partition coefficient (Wildman–Crippen LogP) is 4.27. The number of aromatic nitrogens is 2. The fraction of sp³-hybridized carbons (Fsp3) is 0.381. The SMILES string of the molecule is CC(=C(F)B1OC(C)(C)C(C)(C)O1)c1ccc(C#CCn2ccnc2)cc1. The van der Waals surface area contributed by atoms with E-state index in [1.165, 1.54) is 0 Å². The van der Waals surface area contributed by atoms with Gasteiger partial charge in [0.2, 0.25) is 0 Å². The van der Waals surface area contributed by atoms with Crippen molar-refractivity contribution in [3.8, 4) is 11.8 Å². The number of imidazole rings is 1. The molecule has 3 rings (SSSR count). The van der Waals surface area contributed by atoms with E-state index < -0.39 is 24.0 Å². The lowest BCUT2D eigenvalue weighted by atomic mass is 9.83. The minimum atomic E-state index is -0.982. The molecule has 6 heteroatoms. The van der Waals surface area contributed by atoms with Crippen molar-refractivity contribution in [3.63, 3.8) is 0 Å². The summed E-state index contributed by atoms with van der Waals surface area (Å²) in [5.41, 5.74) is 0.637. The molecule has 0 aliphatic carbocycles. The van der Waals surface area contributed by atoms with Gasteiger partial charge in [-0.3, -0.25) is 0 Å². The van der Waals surface area contributed by atoms with Crippen LogP contribution in [0.2, 0.25) is 0 Å². The van der Waals surface area contributed by atoms with Crippen LogP contribution in [0.15, 0.2) is 48.7 Å². The molecule has 1 aliphatic heterocycles. The summed E-state index contributed by atoms with van der Waals surface area (Å²) < 4.78 is 28.4. The van der Waals surface area contributed by atoms with Gasteiger partial charge in [-0.25, -0.2) is 9.37 Å². The molecule has 1 saturated heterocycles. The van der Waals surface area contributed by atoms with E-state index in [9.17, 15) is 4.39 Å². The Bertz CT molecular complexity index is 875. The van der Waals surface area contributed by atoms with Crippen LogP contribution in [0.5, 0.6) is 0 Å². The van der Waals surface area contributed by atoms with Crippen molar-refractivity contribution in [1.82, 2.24) is 9.55 Å². The summed E-state index contributed by atoms with van der Waals surface area (Å²) in [5, 5.41) is 0. The Kier molecular flexibility index (Phi) is 5.28.